The molecular formula is C32H27BClF4N5O13. The van der Waals surface area contributed by atoms with Crippen LogP contribution in [0.15, 0.2) is 24.3 Å². The molecule has 0 spiro atoms. The standard InChI is InChI=1S/C32H27BClF4N5O13/c34-19-12(9-15(36)23(45)24(19)46)22(28(49)40-17-8-11-2-3-14(35)18(31(52)53)26(11)56-33(17)55)41-32(54)43-7-6-42(29(50)30(43)51)5-1-4-39-27(48)13-10-16(44)21(38)25(47)20(13)37/h2-3,9-10,17,22,44-47,55H,1,4-8H2,(H,39,48)(H,40,49)(H,41,54)(H,52,53)/t17-,22?/m0/s1. The Morgan fingerprint density at radius 2 is 1.64 bits per heavy atom. The Morgan fingerprint density at radius 1 is 0.946 bits per heavy atom. The molecule has 2 aliphatic heterocycles. The normalized spacial score (nSPS) is 15.8. The fraction of sp³-hybridized carbons (Fsp3) is 0.250. The summed E-state index contributed by atoms with van der Waals surface area (Å²) in [6, 6.07) is -0.707. The van der Waals surface area contributed by atoms with Crippen molar-refractivity contribution in [2.24, 2.45) is 0 Å². The summed E-state index contributed by atoms with van der Waals surface area (Å²) < 4.78 is 61.5. The highest BCUT2D eigenvalue weighted by molar-refractivity contribution is 6.47. The Hall–Kier alpha value is -6.49. The highest BCUT2D eigenvalue weighted by atomic mass is 35.5. The van der Waals surface area contributed by atoms with Crippen molar-refractivity contribution >= 4 is 54.3 Å². The molecule has 18 nitrogen and oxygen atoms in total. The van der Waals surface area contributed by atoms with Crippen LogP contribution in [-0.4, -0.2) is 115 Å². The smallest absolute Gasteiger partial charge is 0.534 e. The van der Waals surface area contributed by atoms with Gasteiger partial charge in [0.25, 0.3) is 5.91 Å². The molecule has 1 saturated heterocycles. The van der Waals surface area contributed by atoms with Crippen molar-refractivity contribution < 1.29 is 81.5 Å². The van der Waals surface area contributed by atoms with Crippen molar-refractivity contribution in [3.63, 3.8) is 0 Å². The summed E-state index contributed by atoms with van der Waals surface area (Å²) in [5.74, 6) is -20.1. The monoisotopic (exact) mass is 811 g/mol. The van der Waals surface area contributed by atoms with Crippen LogP contribution >= 0.6 is 11.6 Å². The number of halogens is 5. The number of aromatic hydroxyl groups is 4. The molecule has 5 rings (SSSR count). The van der Waals surface area contributed by atoms with Gasteiger partial charge in [0.1, 0.15) is 23.2 Å². The number of nitrogens with one attached hydrogen (secondary N) is 3. The molecule has 296 valence electrons. The second-order valence-electron chi connectivity index (χ2n) is 12.2. The molecule has 6 amide bonds. The molecule has 3 aromatic carbocycles. The molecule has 0 aliphatic carbocycles. The van der Waals surface area contributed by atoms with Gasteiger partial charge in [-0.2, -0.15) is 4.39 Å². The van der Waals surface area contributed by atoms with Crippen LogP contribution in [0.1, 0.15) is 44.3 Å². The molecule has 0 bridgehead atoms. The van der Waals surface area contributed by atoms with Crippen molar-refractivity contribution in [2.75, 3.05) is 26.2 Å². The van der Waals surface area contributed by atoms with Crippen molar-refractivity contribution in [3.05, 3.63) is 74.8 Å². The molecule has 0 aromatic heterocycles. The van der Waals surface area contributed by atoms with E-state index in [-0.39, 0.29) is 38.0 Å². The Kier molecular flexibility index (Phi) is 11.7. The van der Waals surface area contributed by atoms with E-state index in [1.54, 1.807) is 0 Å². The lowest BCUT2D eigenvalue weighted by Crippen LogP contribution is -2.60. The summed E-state index contributed by atoms with van der Waals surface area (Å²) >= 11 is 6.10. The van der Waals surface area contributed by atoms with Gasteiger partial charge in [0, 0.05) is 31.7 Å². The number of carbonyl (C=O) groups excluding carboxylic acids is 5. The zero-order valence-corrected chi connectivity index (χ0v) is 28.9. The van der Waals surface area contributed by atoms with E-state index >= 15 is 0 Å². The van der Waals surface area contributed by atoms with Crippen LogP contribution in [0.5, 0.6) is 28.7 Å². The number of carboxylic acids is 1. The Morgan fingerprint density at radius 3 is 2.32 bits per heavy atom. The number of phenolic OH excluding ortho intramolecular Hbond substituents is 4. The Bertz CT molecular complexity index is 2180. The van der Waals surface area contributed by atoms with Crippen molar-refractivity contribution in [1.29, 1.82) is 0 Å². The summed E-state index contributed by atoms with van der Waals surface area (Å²) in [6.07, 6.45) is -0.427. The molecule has 0 saturated carbocycles. The Labute approximate surface area is 316 Å². The molecule has 24 heteroatoms. The largest absolute Gasteiger partial charge is 0.547 e. The molecule has 2 atom stereocenters. The maximum atomic E-state index is 14.6. The first-order valence-electron chi connectivity index (χ1n) is 16.0. The van der Waals surface area contributed by atoms with E-state index in [0.717, 1.165) is 17.0 Å². The van der Waals surface area contributed by atoms with E-state index in [1.807, 2.05) is 0 Å². The minimum absolute atomic E-state index is 0.0260. The summed E-state index contributed by atoms with van der Waals surface area (Å²) in [5, 5.41) is 64.5. The fourth-order valence-corrected chi connectivity index (χ4v) is 6.02. The molecule has 0 radical (unpaired) electrons. The van der Waals surface area contributed by atoms with Crippen LogP contribution in [0, 0.1) is 23.3 Å². The number of amides is 6. The van der Waals surface area contributed by atoms with Gasteiger partial charge in [-0.05, 0) is 36.6 Å². The fourth-order valence-electron chi connectivity index (χ4n) is 5.77. The number of carboxylic acid groups (broad SMARTS) is 1. The van der Waals surface area contributed by atoms with Crippen molar-refractivity contribution in [3.8, 4) is 28.7 Å². The van der Waals surface area contributed by atoms with Gasteiger partial charge in [0.05, 0.1) is 16.5 Å². The molecule has 3 aromatic rings. The van der Waals surface area contributed by atoms with E-state index in [2.05, 4.69) is 16.0 Å². The lowest BCUT2D eigenvalue weighted by molar-refractivity contribution is -0.153. The summed E-state index contributed by atoms with van der Waals surface area (Å²) in [7, 11) is -2.02. The number of aromatic carboxylic acids is 1. The minimum Gasteiger partial charge on any atom is -0.534 e. The van der Waals surface area contributed by atoms with Gasteiger partial charge < -0.3 is 56.1 Å². The van der Waals surface area contributed by atoms with E-state index in [0.29, 0.717) is 17.0 Å². The maximum absolute atomic E-state index is 14.6. The van der Waals surface area contributed by atoms with Gasteiger partial charge in [0.15, 0.2) is 34.6 Å². The first kappa shape index (κ1) is 40.7. The molecule has 9 N–H and O–H groups in total. The second-order valence-corrected chi connectivity index (χ2v) is 12.5. The van der Waals surface area contributed by atoms with Gasteiger partial charge in [0.2, 0.25) is 11.7 Å². The summed E-state index contributed by atoms with van der Waals surface area (Å²) in [5.41, 5.74) is -2.44. The molecule has 2 heterocycles. The highest BCUT2D eigenvalue weighted by Crippen LogP contribution is 2.41. The maximum Gasteiger partial charge on any atom is 0.547 e. The number of fused-ring (bicyclic) bond motifs is 1. The number of phenols is 4. The van der Waals surface area contributed by atoms with Gasteiger partial charge >= 0.3 is 30.9 Å². The highest BCUT2D eigenvalue weighted by Gasteiger charge is 2.42. The third-order valence-corrected chi connectivity index (χ3v) is 9.03. The van der Waals surface area contributed by atoms with Crippen LogP contribution in [-0.2, 0) is 20.8 Å². The van der Waals surface area contributed by atoms with E-state index in [1.165, 1.54) is 0 Å². The first-order valence-corrected chi connectivity index (χ1v) is 16.4. The lowest BCUT2D eigenvalue weighted by atomic mass is 9.72. The molecule has 56 heavy (non-hydrogen) atoms. The zero-order chi connectivity index (χ0) is 41.3. The van der Waals surface area contributed by atoms with Gasteiger partial charge in [-0.25, -0.2) is 22.8 Å². The lowest BCUT2D eigenvalue weighted by Gasteiger charge is -2.34. The van der Waals surface area contributed by atoms with Crippen LogP contribution in [0.25, 0.3) is 0 Å². The number of hydrogen-bond acceptors (Lipinski definition) is 12. The predicted octanol–water partition coefficient (Wildman–Crippen LogP) is 0.798. The topological polar surface area (TPSA) is 276 Å². The number of urea groups is 1. The third-order valence-electron chi connectivity index (χ3n) is 8.63. The van der Waals surface area contributed by atoms with Crippen molar-refractivity contribution in [2.45, 2.75) is 24.8 Å². The average molecular weight is 812 g/mol. The van der Waals surface area contributed by atoms with Crippen LogP contribution in [0.3, 0.4) is 0 Å². The summed E-state index contributed by atoms with van der Waals surface area (Å²) in [4.78, 5) is 78.2. The molecule has 2 aliphatic rings. The zero-order valence-electron chi connectivity index (χ0n) is 28.1. The predicted molar refractivity (Wildman–Crippen MR) is 179 cm³/mol. The van der Waals surface area contributed by atoms with Gasteiger partial charge in [-0.1, -0.05) is 17.7 Å². The van der Waals surface area contributed by atoms with Gasteiger partial charge in [-0.15, -0.1) is 0 Å². The number of nitrogens with zero attached hydrogens (tertiary/aromatic N) is 2. The van der Waals surface area contributed by atoms with E-state index in [4.69, 9.17) is 16.3 Å². The number of carbonyl (C=O) groups is 6. The number of rotatable bonds is 10. The second kappa shape index (κ2) is 16.1. The molecule has 1 unspecified atom stereocenters. The van der Waals surface area contributed by atoms with E-state index in [9.17, 15) is 76.9 Å². The Balaban J connectivity index is 1.27. The SMILES string of the molecule is O=C(NCCCN1CCN(C(=O)NC(C(=O)N[C@H]2Cc3ccc(F)c(C(=O)O)c3OB2O)c2cc(F)c(O)c(O)c2Cl)C(=O)C1=O)c1cc(O)c(F)c(O)c1F. The summed E-state index contributed by atoms with van der Waals surface area (Å²) in [6.45, 7) is -1.24. The quantitative estimate of drug-likeness (QED) is 0.0451. The van der Waals surface area contributed by atoms with Gasteiger partial charge in [-0.3, -0.25) is 24.1 Å². The third kappa shape index (κ3) is 7.84. The minimum atomic E-state index is -2.13. The molecule has 1 fully saturated rings. The number of piperazine rings is 1. The van der Waals surface area contributed by atoms with Crippen LogP contribution < -0.4 is 20.6 Å². The van der Waals surface area contributed by atoms with Crippen molar-refractivity contribution in [1.82, 2.24) is 25.8 Å². The van der Waals surface area contributed by atoms with Crippen LogP contribution in [0.4, 0.5) is 22.4 Å². The number of benzene rings is 3. The van der Waals surface area contributed by atoms with Crippen LogP contribution in [0.2, 0.25) is 5.02 Å². The molecular weight excluding hydrogens is 785 g/mol. The van der Waals surface area contributed by atoms with E-state index < -0.39 is 135 Å². The average Bonchev–Trinajstić information content (AvgIpc) is 3.15. The first-order chi connectivity index (χ1) is 26.3. The number of hydrogen-bond donors (Lipinski definition) is 9. The number of imide groups is 1.